The van der Waals surface area contributed by atoms with Gasteiger partial charge in [-0.2, -0.15) is 5.10 Å². The summed E-state index contributed by atoms with van der Waals surface area (Å²) in [6.07, 6.45) is 1.48. The molecule has 0 atom stereocenters. The number of aromatic nitrogens is 3. The fraction of sp³-hybridized carbons (Fsp3) is 0.133. The van der Waals surface area contributed by atoms with Crippen molar-refractivity contribution in [1.29, 1.82) is 0 Å². The number of rotatable bonds is 3. The first-order valence-corrected chi connectivity index (χ1v) is 6.89. The Kier molecular flexibility index (Phi) is 5.48. The molecule has 8 heteroatoms. The van der Waals surface area contributed by atoms with Gasteiger partial charge in [0, 0.05) is 5.56 Å². The van der Waals surface area contributed by atoms with Gasteiger partial charge in [-0.3, -0.25) is 4.79 Å². The van der Waals surface area contributed by atoms with Crippen LogP contribution in [0.3, 0.4) is 0 Å². The third kappa shape index (κ3) is 3.75. The smallest absolute Gasteiger partial charge is 0.290 e. The van der Waals surface area contributed by atoms with Gasteiger partial charge in [-0.05, 0) is 31.2 Å². The van der Waals surface area contributed by atoms with E-state index in [4.69, 9.17) is 26.2 Å². The summed E-state index contributed by atoms with van der Waals surface area (Å²) in [5, 5.41) is 11.3. The van der Waals surface area contributed by atoms with Gasteiger partial charge in [0.1, 0.15) is 24.5 Å². The second-order valence-electron chi connectivity index (χ2n) is 4.43. The Morgan fingerprint density at radius 3 is 2.87 bits per heavy atom. The average molecular weight is 338 g/mol. The Labute approximate surface area is 136 Å². The van der Waals surface area contributed by atoms with Crippen LogP contribution < -0.4 is 4.74 Å². The van der Waals surface area contributed by atoms with Crippen molar-refractivity contribution >= 4 is 23.7 Å². The highest BCUT2D eigenvalue weighted by Crippen LogP contribution is 2.30. The summed E-state index contributed by atoms with van der Waals surface area (Å²) >= 11 is 6.06. The second-order valence-corrected chi connectivity index (χ2v) is 4.80. The largest absolute Gasteiger partial charge is 0.486 e. The lowest BCUT2D eigenvalue weighted by molar-refractivity contribution is -0.122. The molecule has 0 fully saturated rings. The fourth-order valence-corrected chi connectivity index (χ4v) is 2.12. The standard InChI is InChI=1S/C14H11ClFN3O.CH2O2/c1-9-11(16)5-6-12(14(9)15)20-7-10-3-2-4-13-17-8-18-19(10)13;2-1-3/h2-6,8H,7H2,1H3;1H,(H,2,3). The van der Waals surface area contributed by atoms with Crippen molar-refractivity contribution in [2.45, 2.75) is 13.5 Å². The molecule has 0 bridgehead atoms. The number of nitrogens with zero attached hydrogens (tertiary/aromatic N) is 3. The molecule has 0 amide bonds. The van der Waals surface area contributed by atoms with E-state index < -0.39 is 0 Å². The minimum atomic E-state index is -0.347. The monoisotopic (exact) mass is 337 g/mol. The van der Waals surface area contributed by atoms with Crippen LogP contribution in [0.2, 0.25) is 5.02 Å². The summed E-state index contributed by atoms with van der Waals surface area (Å²) in [5.74, 6) is 0.100. The number of benzene rings is 1. The predicted molar refractivity (Wildman–Crippen MR) is 82.2 cm³/mol. The molecule has 3 aromatic rings. The minimum Gasteiger partial charge on any atom is -0.486 e. The highest BCUT2D eigenvalue weighted by Gasteiger charge is 2.10. The first-order valence-electron chi connectivity index (χ1n) is 6.51. The molecular weight excluding hydrogens is 325 g/mol. The van der Waals surface area contributed by atoms with Crippen molar-refractivity contribution in [2.75, 3.05) is 0 Å². The summed E-state index contributed by atoms with van der Waals surface area (Å²) in [4.78, 5) is 12.5. The summed E-state index contributed by atoms with van der Waals surface area (Å²) < 4.78 is 20.7. The highest BCUT2D eigenvalue weighted by molar-refractivity contribution is 6.32. The SMILES string of the molecule is Cc1c(F)ccc(OCc2cccc3ncnn23)c1Cl.O=CO. The van der Waals surface area contributed by atoms with Crippen molar-refractivity contribution in [3.63, 3.8) is 0 Å². The molecular formula is C15H13ClFN3O3. The van der Waals surface area contributed by atoms with Gasteiger partial charge in [-0.25, -0.2) is 13.9 Å². The summed E-state index contributed by atoms with van der Waals surface area (Å²) in [6, 6.07) is 8.47. The zero-order valence-corrected chi connectivity index (χ0v) is 12.9. The van der Waals surface area contributed by atoms with Crippen molar-refractivity contribution in [2.24, 2.45) is 0 Å². The fourth-order valence-electron chi connectivity index (χ4n) is 1.91. The van der Waals surface area contributed by atoms with Crippen LogP contribution in [-0.2, 0) is 11.4 Å². The van der Waals surface area contributed by atoms with Crippen LogP contribution in [0.25, 0.3) is 5.65 Å². The zero-order valence-electron chi connectivity index (χ0n) is 12.1. The number of fused-ring (bicyclic) bond motifs is 1. The maximum absolute atomic E-state index is 13.3. The summed E-state index contributed by atoms with van der Waals surface area (Å²) in [6.45, 7) is 1.63. The molecule has 23 heavy (non-hydrogen) atoms. The van der Waals surface area contributed by atoms with E-state index in [-0.39, 0.29) is 23.9 Å². The van der Waals surface area contributed by atoms with Crippen LogP contribution in [0.4, 0.5) is 4.39 Å². The molecule has 0 aliphatic carbocycles. The predicted octanol–water partition coefficient (Wildman–Crippen LogP) is 3.11. The molecule has 0 radical (unpaired) electrons. The Hall–Kier alpha value is -2.67. The maximum Gasteiger partial charge on any atom is 0.290 e. The molecule has 0 aliphatic heterocycles. The van der Waals surface area contributed by atoms with Gasteiger partial charge in [-0.15, -0.1) is 0 Å². The van der Waals surface area contributed by atoms with Crippen LogP contribution in [0, 0.1) is 12.7 Å². The maximum atomic E-state index is 13.3. The van der Waals surface area contributed by atoms with Gasteiger partial charge in [0.2, 0.25) is 0 Å². The quantitative estimate of drug-likeness (QED) is 0.743. The number of carboxylic acid groups (broad SMARTS) is 1. The van der Waals surface area contributed by atoms with Crippen molar-refractivity contribution in [3.8, 4) is 5.75 Å². The van der Waals surface area contributed by atoms with E-state index >= 15 is 0 Å². The van der Waals surface area contributed by atoms with Crippen molar-refractivity contribution < 1.29 is 19.0 Å². The molecule has 0 spiro atoms. The van der Waals surface area contributed by atoms with E-state index in [1.54, 1.807) is 11.4 Å². The van der Waals surface area contributed by atoms with Crippen molar-refractivity contribution in [3.05, 3.63) is 58.8 Å². The topological polar surface area (TPSA) is 76.7 Å². The lowest BCUT2D eigenvalue weighted by Crippen LogP contribution is -2.04. The van der Waals surface area contributed by atoms with E-state index in [2.05, 4.69) is 10.1 Å². The lowest BCUT2D eigenvalue weighted by Gasteiger charge is -2.10. The first-order chi connectivity index (χ1) is 11.1. The van der Waals surface area contributed by atoms with Crippen LogP contribution in [0.1, 0.15) is 11.3 Å². The zero-order chi connectivity index (χ0) is 16.8. The van der Waals surface area contributed by atoms with E-state index in [0.717, 1.165) is 11.3 Å². The Bertz CT molecular complexity index is 823. The number of hydrogen-bond acceptors (Lipinski definition) is 4. The van der Waals surface area contributed by atoms with Crippen LogP contribution in [0.5, 0.6) is 5.75 Å². The minimum absolute atomic E-state index is 0.250. The molecule has 0 saturated carbocycles. The molecule has 120 valence electrons. The first kappa shape index (κ1) is 16.7. The molecule has 0 unspecified atom stereocenters. The van der Waals surface area contributed by atoms with Gasteiger partial charge in [-0.1, -0.05) is 17.7 Å². The Morgan fingerprint density at radius 2 is 2.13 bits per heavy atom. The third-order valence-electron chi connectivity index (χ3n) is 3.04. The van der Waals surface area contributed by atoms with Crippen LogP contribution in [-0.4, -0.2) is 26.2 Å². The van der Waals surface area contributed by atoms with Gasteiger partial charge >= 0.3 is 0 Å². The molecule has 2 heterocycles. The lowest BCUT2D eigenvalue weighted by atomic mass is 10.2. The van der Waals surface area contributed by atoms with E-state index in [9.17, 15) is 4.39 Å². The number of carbonyl (C=O) groups is 1. The Morgan fingerprint density at radius 1 is 1.39 bits per heavy atom. The van der Waals surface area contributed by atoms with Gasteiger partial charge in [0.05, 0.1) is 10.7 Å². The van der Waals surface area contributed by atoms with Gasteiger partial charge < -0.3 is 9.84 Å². The van der Waals surface area contributed by atoms with Gasteiger partial charge in [0.25, 0.3) is 6.47 Å². The van der Waals surface area contributed by atoms with Crippen LogP contribution >= 0.6 is 11.6 Å². The van der Waals surface area contributed by atoms with E-state index in [0.29, 0.717) is 11.3 Å². The van der Waals surface area contributed by atoms with Crippen molar-refractivity contribution in [1.82, 2.24) is 14.6 Å². The molecule has 1 aromatic carbocycles. The average Bonchev–Trinajstić information content (AvgIpc) is 3.02. The number of halogens is 2. The van der Waals surface area contributed by atoms with Crippen LogP contribution in [0.15, 0.2) is 36.7 Å². The second kappa shape index (κ2) is 7.55. The van der Waals surface area contributed by atoms with Gasteiger partial charge in [0.15, 0.2) is 5.65 Å². The normalized spacial score (nSPS) is 10.0. The number of pyridine rings is 1. The molecule has 0 saturated heterocycles. The third-order valence-corrected chi connectivity index (χ3v) is 3.51. The number of ether oxygens (including phenoxy) is 1. The molecule has 3 rings (SSSR count). The highest BCUT2D eigenvalue weighted by atomic mass is 35.5. The summed E-state index contributed by atoms with van der Waals surface area (Å²) in [7, 11) is 0. The van der Waals surface area contributed by atoms with E-state index in [1.165, 1.54) is 18.5 Å². The number of hydrogen-bond donors (Lipinski definition) is 1. The summed E-state index contributed by atoms with van der Waals surface area (Å²) in [5.41, 5.74) is 1.95. The molecule has 2 aromatic heterocycles. The Balaban J connectivity index is 0.000000595. The molecule has 1 N–H and O–H groups in total. The van der Waals surface area contributed by atoms with E-state index in [1.807, 2.05) is 18.2 Å². The molecule has 0 aliphatic rings. The molecule has 6 nitrogen and oxygen atoms in total.